The topological polar surface area (TPSA) is 60.2 Å². The molecule has 162 valence electrons. The Morgan fingerprint density at radius 2 is 1.81 bits per heavy atom. The van der Waals surface area contributed by atoms with Crippen LogP contribution in [0.15, 0.2) is 66.7 Å². The van der Waals surface area contributed by atoms with E-state index in [1.54, 1.807) is 55.5 Å². The summed E-state index contributed by atoms with van der Waals surface area (Å²) in [5, 5.41) is 0.929. The summed E-state index contributed by atoms with van der Waals surface area (Å²) < 4.78 is 14.1. The summed E-state index contributed by atoms with van der Waals surface area (Å²) in [7, 11) is 0. The first-order valence-electron chi connectivity index (χ1n) is 10.0. The Morgan fingerprint density at radius 3 is 2.50 bits per heavy atom. The highest BCUT2D eigenvalue weighted by Gasteiger charge is 2.46. The van der Waals surface area contributed by atoms with Gasteiger partial charge in [0.1, 0.15) is 12.1 Å². The van der Waals surface area contributed by atoms with Gasteiger partial charge >= 0.3 is 0 Å². The van der Waals surface area contributed by atoms with Crippen LogP contribution in [-0.4, -0.2) is 12.1 Å². The molecule has 0 saturated carbocycles. The van der Waals surface area contributed by atoms with Gasteiger partial charge in [-0.15, -0.1) is 0 Å². The van der Waals surface area contributed by atoms with Gasteiger partial charge in [0, 0.05) is 33.6 Å². The predicted molar refractivity (Wildman–Crippen MR) is 127 cm³/mol. The maximum atomic E-state index is 14.1. The van der Waals surface area contributed by atoms with Gasteiger partial charge in [-0.3, -0.25) is 4.79 Å². The van der Waals surface area contributed by atoms with Crippen molar-refractivity contribution in [3.05, 3.63) is 105 Å². The third-order valence-electron chi connectivity index (χ3n) is 6.07. The lowest BCUT2D eigenvalue weighted by Crippen LogP contribution is -2.39. The number of carbonyl (C=O) groups is 2. The van der Waals surface area contributed by atoms with Crippen molar-refractivity contribution in [2.45, 2.75) is 24.7 Å². The van der Waals surface area contributed by atoms with Crippen molar-refractivity contribution in [2.75, 3.05) is 5.73 Å². The Labute approximate surface area is 195 Å². The quantitative estimate of drug-likeness (QED) is 0.361. The summed E-state index contributed by atoms with van der Waals surface area (Å²) in [4.78, 5) is 26.2. The fourth-order valence-corrected chi connectivity index (χ4v) is 4.87. The van der Waals surface area contributed by atoms with Crippen LogP contribution in [0.1, 0.15) is 34.6 Å². The Kier molecular flexibility index (Phi) is 5.93. The summed E-state index contributed by atoms with van der Waals surface area (Å²) in [5.74, 6) is -1.19. The van der Waals surface area contributed by atoms with Crippen LogP contribution in [-0.2, 0) is 15.0 Å². The summed E-state index contributed by atoms with van der Waals surface area (Å²) in [6.45, 7) is 1.80. The minimum atomic E-state index is -1.28. The number of Topliss-reactive ketones (excluding diaryl/α,β-unsaturated/α-hetero) is 1. The Morgan fingerprint density at radius 1 is 1.06 bits per heavy atom. The van der Waals surface area contributed by atoms with Gasteiger partial charge in [-0.1, -0.05) is 53.5 Å². The van der Waals surface area contributed by atoms with E-state index in [-0.39, 0.29) is 12.2 Å². The maximum Gasteiger partial charge on any atom is 0.163 e. The molecule has 0 heterocycles. The van der Waals surface area contributed by atoms with Gasteiger partial charge in [0.15, 0.2) is 5.78 Å². The number of hydrogen-bond acceptors (Lipinski definition) is 3. The van der Waals surface area contributed by atoms with Gasteiger partial charge in [-0.25, -0.2) is 4.39 Å². The molecule has 0 aromatic heterocycles. The second-order valence-electron chi connectivity index (χ2n) is 8.03. The average Bonchev–Trinajstić information content (AvgIpc) is 2.76. The van der Waals surface area contributed by atoms with E-state index in [9.17, 15) is 14.0 Å². The zero-order chi connectivity index (χ0) is 23.0. The average molecular weight is 468 g/mol. The van der Waals surface area contributed by atoms with E-state index in [4.69, 9.17) is 28.9 Å². The second kappa shape index (κ2) is 8.53. The van der Waals surface area contributed by atoms with E-state index in [2.05, 4.69) is 0 Å². The molecule has 0 fully saturated rings. The predicted octanol–water partition coefficient (Wildman–Crippen LogP) is 6.30. The lowest BCUT2D eigenvalue weighted by Gasteiger charge is -2.39. The van der Waals surface area contributed by atoms with E-state index < -0.39 is 17.2 Å². The molecule has 1 aliphatic rings. The molecule has 3 nitrogen and oxygen atoms in total. The van der Waals surface area contributed by atoms with E-state index in [0.717, 1.165) is 17.4 Å². The van der Waals surface area contributed by atoms with Crippen LogP contribution in [0, 0.1) is 12.7 Å². The smallest absolute Gasteiger partial charge is 0.163 e. The van der Waals surface area contributed by atoms with Gasteiger partial charge in [0.2, 0.25) is 0 Å². The number of halogens is 3. The molecule has 0 bridgehead atoms. The number of aldehydes is 1. The molecule has 1 aliphatic carbocycles. The fraction of sp³-hybridized carbons (Fsp3) is 0.154. The highest BCUT2D eigenvalue weighted by molar-refractivity contribution is 6.31. The minimum Gasteiger partial charge on any atom is -0.398 e. The van der Waals surface area contributed by atoms with Gasteiger partial charge in [-0.05, 0) is 65.6 Å². The van der Waals surface area contributed by atoms with Crippen LogP contribution in [0.2, 0.25) is 10.0 Å². The zero-order valence-corrected chi connectivity index (χ0v) is 18.8. The summed E-state index contributed by atoms with van der Waals surface area (Å²) in [6.07, 6.45) is 2.46. The number of rotatable bonds is 4. The molecule has 3 aromatic carbocycles. The molecule has 0 unspecified atom stereocenters. The molecule has 3 aromatic rings. The molecule has 0 amide bonds. The van der Waals surface area contributed by atoms with Crippen LogP contribution in [0.5, 0.6) is 0 Å². The van der Waals surface area contributed by atoms with Gasteiger partial charge in [-0.2, -0.15) is 0 Å². The van der Waals surface area contributed by atoms with Crippen molar-refractivity contribution in [1.82, 2.24) is 0 Å². The van der Waals surface area contributed by atoms with Crippen molar-refractivity contribution in [1.29, 1.82) is 0 Å². The maximum absolute atomic E-state index is 14.1. The van der Waals surface area contributed by atoms with Crippen molar-refractivity contribution in [3.8, 4) is 0 Å². The van der Waals surface area contributed by atoms with Crippen molar-refractivity contribution < 1.29 is 14.0 Å². The molecule has 0 saturated heterocycles. The Balaban J connectivity index is 2.03. The molecule has 32 heavy (non-hydrogen) atoms. The molecule has 2 atom stereocenters. The SMILES string of the molecule is Cc1ccc(F)cc1C1=C[C@](C=O)(c2ccc(Cl)cc2N)[C@H](c2cccc(Cl)c2)CC1=O. The van der Waals surface area contributed by atoms with Crippen molar-refractivity contribution in [2.24, 2.45) is 0 Å². The van der Waals surface area contributed by atoms with E-state index in [1.165, 1.54) is 12.1 Å². The number of nitrogens with two attached hydrogens (primary N) is 1. The van der Waals surface area contributed by atoms with Crippen LogP contribution in [0.25, 0.3) is 5.57 Å². The van der Waals surface area contributed by atoms with Crippen molar-refractivity contribution in [3.63, 3.8) is 0 Å². The van der Waals surface area contributed by atoms with Gasteiger partial charge < -0.3 is 10.5 Å². The van der Waals surface area contributed by atoms with Crippen LogP contribution < -0.4 is 5.73 Å². The fourth-order valence-electron chi connectivity index (χ4n) is 4.49. The number of allylic oxidation sites excluding steroid dienone is 2. The Hall–Kier alpha value is -2.95. The number of aryl methyl sites for hydroxylation is 1. The number of nitrogen functional groups attached to an aromatic ring is 1. The summed E-state index contributed by atoms with van der Waals surface area (Å²) in [5.41, 5.74) is 8.11. The van der Waals surface area contributed by atoms with Gasteiger partial charge in [0.05, 0.1) is 5.41 Å². The Bertz CT molecular complexity index is 1270. The molecule has 2 N–H and O–H groups in total. The third kappa shape index (κ3) is 3.85. The van der Waals surface area contributed by atoms with Crippen LogP contribution >= 0.6 is 23.2 Å². The lowest BCUT2D eigenvalue weighted by atomic mass is 9.61. The standard InChI is InChI=1S/C26H20Cl2FNO2/c1-15-5-7-19(29)11-20(15)21-13-26(14-31,22-8-6-18(28)10-24(22)30)23(12-25(21)32)16-3-2-4-17(27)9-16/h2-11,13-14,23H,12,30H2,1H3/t23-,26-/m0/s1. The third-order valence-corrected chi connectivity index (χ3v) is 6.54. The minimum absolute atomic E-state index is 0.0307. The van der Waals surface area contributed by atoms with Gasteiger partial charge in [0.25, 0.3) is 0 Å². The highest BCUT2D eigenvalue weighted by Crippen LogP contribution is 2.49. The summed E-state index contributed by atoms with van der Waals surface area (Å²) >= 11 is 12.3. The van der Waals surface area contributed by atoms with E-state index in [1.807, 2.05) is 6.07 Å². The summed E-state index contributed by atoms with van der Waals surface area (Å²) in [6, 6.07) is 16.3. The van der Waals surface area contributed by atoms with E-state index in [0.29, 0.717) is 32.4 Å². The largest absolute Gasteiger partial charge is 0.398 e. The number of benzene rings is 3. The molecular formula is C26H20Cl2FNO2. The normalized spacial score (nSPS) is 20.7. The van der Waals surface area contributed by atoms with E-state index >= 15 is 0 Å². The number of hydrogen-bond donors (Lipinski definition) is 1. The first kappa shape index (κ1) is 22.3. The highest BCUT2D eigenvalue weighted by atomic mass is 35.5. The molecule has 0 aliphatic heterocycles. The molecular weight excluding hydrogens is 448 g/mol. The molecule has 4 rings (SSSR count). The molecule has 6 heteroatoms. The monoisotopic (exact) mass is 467 g/mol. The number of ketones is 1. The van der Waals surface area contributed by atoms with Crippen LogP contribution in [0.3, 0.4) is 0 Å². The first-order chi connectivity index (χ1) is 15.2. The number of carbonyl (C=O) groups excluding carboxylic acids is 2. The lowest BCUT2D eigenvalue weighted by molar-refractivity contribution is -0.116. The first-order valence-corrected chi connectivity index (χ1v) is 10.8. The zero-order valence-electron chi connectivity index (χ0n) is 17.2. The molecule has 0 radical (unpaired) electrons. The molecule has 0 spiro atoms. The van der Waals surface area contributed by atoms with Crippen LogP contribution in [0.4, 0.5) is 10.1 Å². The second-order valence-corrected chi connectivity index (χ2v) is 8.91. The number of anilines is 1. The van der Waals surface area contributed by atoms with Crippen molar-refractivity contribution >= 4 is 46.5 Å².